The molecule has 1 amide bonds. The topological polar surface area (TPSA) is 46.9 Å². The highest BCUT2D eigenvalue weighted by Crippen LogP contribution is 2.14. The molecule has 0 bridgehead atoms. The molecule has 1 atom stereocenters. The van der Waals surface area contributed by atoms with Gasteiger partial charge in [-0.15, -0.1) is 0 Å². The maximum atomic E-state index is 11.9. The summed E-state index contributed by atoms with van der Waals surface area (Å²) in [7, 11) is 0. The number of carbonyl (C=O) groups excluding carboxylic acids is 1. The normalized spacial score (nSPS) is 12.2. The Kier molecular flexibility index (Phi) is 4.22. The molecule has 0 saturated heterocycles. The van der Waals surface area contributed by atoms with Gasteiger partial charge < -0.3 is 5.32 Å². The number of carbonyl (C=O) groups is 1. The van der Waals surface area contributed by atoms with Gasteiger partial charge in [-0.3, -0.25) is 9.48 Å². The van der Waals surface area contributed by atoms with Crippen molar-refractivity contribution in [3.8, 4) is 0 Å². The maximum absolute atomic E-state index is 11.9. The largest absolute Gasteiger partial charge is 0.348 e. The monoisotopic (exact) mass is 277 g/mol. The van der Waals surface area contributed by atoms with Crippen molar-refractivity contribution < 1.29 is 4.79 Å². The number of nitrogens with zero attached hydrogens (tertiary/aromatic N) is 2. The summed E-state index contributed by atoms with van der Waals surface area (Å²) in [5.74, 6) is -0.0841. The van der Waals surface area contributed by atoms with Crippen LogP contribution < -0.4 is 5.32 Å². The summed E-state index contributed by atoms with van der Waals surface area (Å²) in [5.41, 5.74) is 1.87. The standard InChI is InChI=1S/C14H16ClN3O/c1-10(12-6-4-3-5-7-12)17-14(19)9-18-11(2)13(15)8-16-18/h3-8,10H,9H2,1-2H3,(H,17,19). The van der Waals surface area contributed by atoms with Crippen LogP contribution >= 0.6 is 11.6 Å². The predicted octanol–water partition coefficient (Wildman–Crippen LogP) is 2.72. The second-order valence-corrected chi connectivity index (χ2v) is 4.84. The van der Waals surface area contributed by atoms with E-state index in [0.29, 0.717) is 5.02 Å². The van der Waals surface area contributed by atoms with Crippen molar-refractivity contribution in [2.24, 2.45) is 0 Å². The van der Waals surface area contributed by atoms with Crippen molar-refractivity contribution in [3.63, 3.8) is 0 Å². The van der Waals surface area contributed by atoms with Crippen molar-refractivity contribution in [2.75, 3.05) is 0 Å². The van der Waals surface area contributed by atoms with Crippen molar-refractivity contribution >= 4 is 17.5 Å². The highest BCUT2D eigenvalue weighted by molar-refractivity contribution is 6.31. The molecule has 1 heterocycles. The van der Waals surface area contributed by atoms with Gasteiger partial charge in [0, 0.05) is 0 Å². The molecule has 2 rings (SSSR count). The zero-order chi connectivity index (χ0) is 13.8. The molecule has 0 spiro atoms. The van der Waals surface area contributed by atoms with Crippen LogP contribution in [-0.2, 0) is 11.3 Å². The minimum atomic E-state index is -0.0841. The lowest BCUT2D eigenvalue weighted by Gasteiger charge is -2.14. The van der Waals surface area contributed by atoms with E-state index >= 15 is 0 Å². The van der Waals surface area contributed by atoms with E-state index in [9.17, 15) is 4.79 Å². The van der Waals surface area contributed by atoms with Crippen LogP contribution in [0.15, 0.2) is 36.5 Å². The number of amides is 1. The van der Waals surface area contributed by atoms with Gasteiger partial charge in [-0.1, -0.05) is 41.9 Å². The average Bonchev–Trinajstić information content (AvgIpc) is 2.71. The van der Waals surface area contributed by atoms with Gasteiger partial charge in [-0.25, -0.2) is 0 Å². The minimum absolute atomic E-state index is 0.0277. The van der Waals surface area contributed by atoms with E-state index in [1.165, 1.54) is 0 Å². The molecule has 5 heteroatoms. The van der Waals surface area contributed by atoms with Gasteiger partial charge in [0.25, 0.3) is 0 Å². The Balaban J connectivity index is 1.97. The maximum Gasteiger partial charge on any atom is 0.242 e. The highest BCUT2D eigenvalue weighted by Gasteiger charge is 2.12. The first-order valence-corrected chi connectivity index (χ1v) is 6.48. The van der Waals surface area contributed by atoms with Crippen molar-refractivity contribution in [2.45, 2.75) is 26.4 Å². The molecule has 1 unspecified atom stereocenters. The van der Waals surface area contributed by atoms with Crippen molar-refractivity contribution in [1.29, 1.82) is 0 Å². The Hall–Kier alpha value is -1.81. The minimum Gasteiger partial charge on any atom is -0.348 e. The fraction of sp³-hybridized carbons (Fsp3) is 0.286. The van der Waals surface area contributed by atoms with Crippen LogP contribution in [0.25, 0.3) is 0 Å². The lowest BCUT2D eigenvalue weighted by molar-refractivity contribution is -0.122. The fourth-order valence-corrected chi connectivity index (χ4v) is 1.97. The summed E-state index contributed by atoms with van der Waals surface area (Å²) in [6.07, 6.45) is 1.55. The first kappa shape index (κ1) is 13.6. The molecule has 1 N–H and O–H groups in total. The number of aromatic nitrogens is 2. The molecule has 4 nitrogen and oxygen atoms in total. The fourth-order valence-electron chi connectivity index (χ4n) is 1.83. The third-order valence-corrected chi connectivity index (χ3v) is 3.38. The molecular formula is C14H16ClN3O. The summed E-state index contributed by atoms with van der Waals surface area (Å²) in [4.78, 5) is 11.9. The molecule has 2 aromatic rings. The number of hydrogen-bond acceptors (Lipinski definition) is 2. The Bertz CT molecular complexity index is 565. The average molecular weight is 278 g/mol. The van der Waals surface area contributed by atoms with Crippen LogP contribution in [0.2, 0.25) is 5.02 Å². The summed E-state index contributed by atoms with van der Waals surface area (Å²) < 4.78 is 1.59. The van der Waals surface area contributed by atoms with E-state index in [0.717, 1.165) is 11.3 Å². The van der Waals surface area contributed by atoms with Crippen molar-refractivity contribution in [1.82, 2.24) is 15.1 Å². The van der Waals surface area contributed by atoms with Gasteiger partial charge in [0.05, 0.1) is 23.0 Å². The third kappa shape index (κ3) is 3.35. The first-order valence-electron chi connectivity index (χ1n) is 6.10. The Morgan fingerprint density at radius 1 is 1.42 bits per heavy atom. The van der Waals surface area contributed by atoms with E-state index in [2.05, 4.69) is 10.4 Å². The van der Waals surface area contributed by atoms with Crippen LogP contribution in [0.4, 0.5) is 0 Å². The summed E-state index contributed by atoms with van der Waals surface area (Å²) in [6, 6.07) is 9.81. The SMILES string of the molecule is Cc1c(Cl)cnn1CC(=O)NC(C)c1ccccc1. The summed E-state index contributed by atoms with van der Waals surface area (Å²) in [5, 5.41) is 7.57. The summed E-state index contributed by atoms with van der Waals surface area (Å²) >= 11 is 5.90. The van der Waals surface area contributed by atoms with Crippen LogP contribution in [0.1, 0.15) is 24.2 Å². The second-order valence-electron chi connectivity index (χ2n) is 4.44. The second kappa shape index (κ2) is 5.89. The molecule has 0 aliphatic heterocycles. The molecular weight excluding hydrogens is 262 g/mol. The first-order chi connectivity index (χ1) is 9.08. The van der Waals surface area contributed by atoms with Gasteiger partial charge in [0.2, 0.25) is 5.91 Å². The van der Waals surface area contributed by atoms with E-state index in [1.807, 2.05) is 44.2 Å². The lowest BCUT2D eigenvalue weighted by Crippen LogP contribution is -2.30. The molecule has 1 aromatic carbocycles. The van der Waals surface area contributed by atoms with Gasteiger partial charge in [-0.05, 0) is 19.4 Å². The van der Waals surface area contributed by atoms with E-state index < -0.39 is 0 Å². The number of hydrogen-bond donors (Lipinski definition) is 1. The predicted molar refractivity (Wildman–Crippen MR) is 75.0 cm³/mol. The molecule has 0 fully saturated rings. The third-order valence-electron chi connectivity index (χ3n) is 3.01. The van der Waals surface area contributed by atoms with Crippen LogP contribution in [0, 0.1) is 6.92 Å². The summed E-state index contributed by atoms with van der Waals surface area (Å²) in [6.45, 7) is 3.97. The zero-order valence-corrected chi connectivity index (χ0v) is 11.7. The molecule has 1 aromatic heterocycles. The van der Waals surface area contributed by atoms with Gasteiger partial charge in [-0.2, -0.15) is 5.10 Å². The Morgan fingerprint density at radius 3 is 2.68 bits per heavy atom. The van der Waals surface area contributed by atoms with Crippen LogP contribution in [0.5, 0.6) is 0 Å². The van der Waals surface area contributed by atoms with Crippen LogP contribution in [0.3, 0.4) is 0 Å². The van der Waals surface area contributed by atoms with E-state index in [4.69, 9.17) is 11.6 Å². The molecule has 0 aliphatic carbocycles. The smallest absolute Gasteiger partial charge is 0.242 e. The lowest BCUT2D eigenvalue weighted by atomic mass is 10.1. The van der Waals surface area contributed by atoms with Gasteiger partial charge >= 0.3 is 0 Å². The van der Waals surface area contributed by atoms with E-state index in [1.54, 1.807) is 10.9 Å². The number of benzene rings is 1. The van der Waals surface area contributed by atoms with Gasteiger partial charge in [0.1, 0.15) is 6.54 Å². The zero-order valence-electron chi connectivity index (χ0n) is 10.9. The Morgan fingerprint density at radius 2 is 2.11 bits per heavy atom. The molecule has 100 valence electrons. The number of rotatable bonds is 4. The molecule has 19 heavy (non-hydrogen) atoms. The van der Waals surface area contributed by atoms with Gasteiger partial charge in [0.15, 0.2) is 0 Å². The number of halogens is 1. The van der Waals surface area contributed by atoms with E-state index in [-0.39, 0.29) is 18.5 Å². The van der Waals surface area contributed by atoms with Crippen LogP contribution in [-0.4, -0.2) is 15.7 Å². The quantitative estimate of drug-likeness (QED) is 0.934. The Labute approximate surface area is 117 Å². The molecule has 0 saturated carbocycles. The highest BCUT2D eigenvalue weighted by atomic mass is 35.5. The molecule has 0 radical (unpaired) electrons. The molecule has 0 aliphatic rings. The number of nitrogens with one attached hydrogen (secondary N) is 1. The van der Waals surface area contributed by atoms with Crippen molar-refractivity contribution in [3.05, 3.63) is 52.8 Å².